The van der Waals surface area contributed by atoms with Crippen LogP contribution in [0.5, 0.6) is 17.2 Å². The highest BCUT2D eigenvalue weighted by Crippen LogP contribution is 2.38. The van der Waals surface area contributed by atoms with Crippen LogP contribution in [0.15, 0.2) is 36.4 Å². The highest BCUT2D eigenvalue weighted by atomic mass is 35.5. The summed E-state index contributed by atoms with van der Waals surface area (Å²) in [4.78, 5) is 12.2. The molecule has 0 aliphatic carbocycles. The Balaban J connectivity index is 1.69. The van der Waals surface area contributed by atoms with Gasteiger partial charge < -0.3 is 19.5 Å². The summed E-state index contributed by atoms with van der Waals surface area (Å²) in [5, 5.41) is 3.38. The van der Waals surface area contributed by atoms with Gasteiger partial charge >= 0.3 is 0 Å². The van der Waals surface area contributed by atoms with Gasteiger partial charge in [0.1, 0.15) is 23.4 Å². The van der Waals surface area contributed by atoms with Gasteiger partial charge in [0.2, 0.25) is 0 Å². The largest absolute Gasteiger partial charge is 0.492 e. The molecule has 1 atom stereocenters. The van der Waals surface area contributed by atoms with Gasteiger partial charge in [-0.2, -0.15) is 0 Å². The molecule has 0 spiro atoms. The zero-order valence-electron chi connectivity index (χ0n) is 14.2. The van der Waals surface area contributed by atoms with E-state index in [0.717, 1.165) is 17.7 Å². The van der Waals surface area contributed by atoms with Gasteiger partial charge in [-0.15, -0.1) is 0 Å². The summed E-state index contributed by atoms with van der Waals surface area (Å²) in [5.41, 5.74) is 1.67. The summed E-state index contributed by atoms with van der Waals surface area (Å²) in [7, 11) is 0. The topological polar surface area (TPSA) is 56.8 Å². The van der Waals surface area contributed by atoms with Crippen LogP contribution in [-0.4, -0.2) is 25.2 Å². The van der Waals surface area contributed by atoms with Crippen LogP contribution in [0.25, 0.3) is 0 Å². The molecule has 0 bridgehead atoms. The monoisotopic (exact) mass is 361 g/mol. The summed E-state index contributed by atoms with van der Waals surface area (Å²) >= 11 is 5.90. The molecule has 1 N–H and O–H groups in total. The number of ether oxygens (including phenoxy) is 3. The minimum absolute atomic E-state index is 0.125. The minimum Gasteiger partial charge on any atom is -0.492 e. The number of hydrogen-bond acceptors (Lipinski definition) is 4. The summed E-state index contributed by atoms with van der Waals surface area (Å²) < 4.78 is 16.9. The number of anilines is 1. The van der Waals surface area contributed by atoms with Crippen molar-refractivity contribution in [1.82, 2.24) is 0 Å². The van der Waals surface area contributed by atoms with Crippen LogP contribution in [0, 0.1) is 0 Å². The van der Waals surface area contributed by atoms with Crippen LogP contribution >= 0.6 is 11.6 Å². The number of nitrogens with one attached hydrogen (secondary N) is 1. The zero-order valence-corrected chi connectivity index (χ0v) is 14.9. The van der Waals surface area contributed by atoms with E-state index in [2.05, 4.69) is 5.32 Å². The molecular formula is C19H20ClNO4. The van der Waals surface area contributed by atoms with E-state index >= 15 is 0 Å². The quantitative estimate of drug-likeness (QED) is 0.842. The van der Waals surface area contributed by atoms with E-state index in [1.54, 1.807) is 30.3 Å². The van der Waals surface area contributed by atoms with Crippen molar-refractivity contribution in [1.29, 1.82) is 0 Å². The van der Waals surface area contributed by atoms with E-state index < -0.39 is 0 Å². The van der Waals surface area contributed by atoms with E-state index in [4.69, 9.17) is 25.8 Å². The van der Waals surface area contributed by atoms with Gasteiger partial charge in [0.25, 0.3) is 5.91 Å². The Labute approximate surface area is 151 Å². The van der Waals surface area contributed by atoms with Crippen molar-refractivity contribution in [2.45, 2.75) is 26.4 Å². The van der Waals surface area contributed by atoms with Crippen LogP contribution in [0.1, 0.15) is 19.4 Å². The van der Waals surface area contributed by atoms with Crippen molar-refractivity contribution in [2.75, 3.05) is 18.5 Å². The molecule has 1 heterocycles. The molecule has 6 heteroatoms. The fourth-order valence-corrected chi connectivity index (χ4v) is 2.88. The zero-order chi connectivity index (χ0) is 17.8. The van der Waals surface area contributed by atoms with Crippen molar-refractivity contribution in [3.63, 3.8) is 0 Å². The minimum atomic E-state index is -0.285. The molecule has 0 aromatic heterocycles. The van der Waals surface area contributed by atoms with Crippen LogP contribution in [0.3, 0.4) is 0 Å². The lowest BCUT2D eigenvalue weighted by molar-refractivity contribution is -0.118. The second-order valence-corrected chi connectivity index (χ2v) is 6.25. The average molecular weight is 362 g/mol. The number of halogens is 1. The number of amides is 1. The van der Waals surface area contributed by atoms with Crippen LogP contribution < -0.4 is 19.5 Å². The summed E-state index contributed by atoms with van der Waals surface area (Å²) in [5.74, 6) is 1.67. The SMILES string of the molecule is CCOc1cc2c(cc1NC(=O)COc1cccc(Cl)c1)O[C@H](C)C2. The van der Waals surface area contributed by atoms with Gasteiger partial charge in [-0.05, 0) is 38.1 Å². The van der Waals surface area contributed by atoms with E-state index in [0.29, 0.717) is 28.8 Å². The Morgan fingerprint density at radius 3 is 2.92 bits per heavy atom. The Hall–Kier alpha value is -2.40. The molecule has 3 rings (SSSR count). The standard InChI is InChI=1S/C19H20ClNO4/c1-3-23-18-8-13-7-12(2)25-17(13)10-16(18)21-19(22)11-24-15-6-4-5-14(20)9-15/h4-6,8-10,12H,3,7,11H2,1-2H3,(H,21,22)/t12-/m1/s1. The second-order valence-electron chi connectivity index (χ2n) is 5.82. The lowest BCUT2D eigenvalue weighted by Crippen LogP contribution is -2.20. The lowest BCUT2D eigenvalue weighted by Gasteiger charge is -2.14. The van der Waals surface area contributed by atoms with Gasteiger partial charge in [-0.25, -0.2) is 0 Å². The molecule has 2 aromatic rings. The van der Waals surface area contributed by atoms with Gasteiger partial charge in [-0.1, -0.05) is 17.7 Å². The van der Waals surface area contributed by atoms with Crippen molar-refractivity contribution in [2.24, 2.45) is 0 Å². The fourth-order valence-electron chi connectivity index (χ4n) is 2.70. The Bertz CT molecular complexity index is 778. The molecule has 5 nitrogen and oxygen atoms in total. The maximum atomic E-state index is 12.2. The highest BCUT2D eigenvalue weighted by molar-refractivity contribution is 6.30. The molecule has 132 valence electrons. The molecule has 2 aromatic carbocycles. The van der Waals surface area contributed by atoms with Crippen molar-refractivity contribution in [3.8, 4) is 17.2 Å². The van der Waals surface area contributed by atoms with Crippen molar-refractivity contribution >= 4 is 23.2 Å². The van der Waals surface area contributed by atoms with Crippen LogP contribution in [0.4, 0.5) is 5.69 Å². The molecule has 1 amide bonds. The average Bonchev–Trinajstić information content (AvgIpc) is 2.92. The summed E-state index contributed by atoms with van der Waals surface area (Å²) in [6.07, 6.45) is 0.961. The molecule has 1 aliphatic heterocycles. The first kappa shape index (κ1) is 17.4. The summed E-state index contributed by atoms with van der Waals surface area (Å²) in [6, 6.07) is 10.6. The van der Waals surface area contributed by atoms with E-state index in [-0.39, 0.29) is 18.6 Å². The maximum Gasteiger partial charge on any atom is 0.262 e. The third-order valence-electron chi connectivity index (χ3n) is 3.74. The molecule has 0 fully saturated rings. The Kier molecular flexibility index (Phi) is 5.34. The number of carbonyl (C=O) groups is 1. The number of carbonyl (C=O) groups excluding carboxylic acids is 1. The van der Waals surface area contributed by atoms with E-state index in [1.807, 2.05) is 19.9 Å². The number of rotatable bonds is 6. The number of hydrogen-bond donors (Lipinski definition) is 1. The molecular weight excluding hydrogens is 342 g/mol. The maximum absolute atomic E-state index is 12.2. The van der Waals surface area contributed by atoms with Gasteiger partial charge in [0.15, 0.2) is 6.61 Å². The Morgan fingerprint density at radius 1 is 1.32 bits per heavy atom. The predicted octanol–water partition coefficient (Wildman–Crippen LogP) is 4.08. The normalized spacial score (nSPS) is 15.2. The van der Waals surface area contributed by atoms with E-state index in [1.165, 1.54) is 0 Å². The smallest absolute Gasteiger partial charge is 0.262 e. The fraction of sp³-hybridized carbons (Fsp3) is 0.316. The van der Waals surface area contributed by atoms with Gasteiger partial charge in [0.05, 0.1) is 12.3 Å². The Morgan fingerprint density at radius 2 is 2.16 bits per heavy atom. The molecule has 1 aliphatic rings. The van der Waals surface area contributed by atoms with Gasteiger partial charge in [0, 0.05) is 23.1 Å². The summed E-state index contributed by atoms with van der Waals surface area (Å²) in [6.45, 7) is 4.30. The van der Waals surface area contributed by atoms with Crippen molar-refractivity contribution in [3.05, 3.63) is 47.0 Å². The van der Waals surface area contributed by atoms with Crippen LogP contribution in [-0.2, 0) is 11.2 Å². The molecule has 0 unspecified atom stereocenters. The molecule has 0 saturated carbocycles. The first-order chi connectivity index (χ1) is 12.0. The first-order valence-corrected chi connectivity index (χ1v) is 8.57. The highest BCUT2D eigenvalue weighted by Gasteiger charge is 2.22. The van der Waals surface area contributed by atoms with Crippen molar-refractivity contribution < 1.29 is 19.0 Å². The second kappa shape index (κ2) is 7.66. The predicted molar refractivity (Wildman–Crippen MR) is 97.0 cm³/mol. The van der Waals surface area contributed by atoms with E-state index in [9.17, 15) is 4.79 Å². The van der Waals surface area contributed by atoms with Gasteiger partial charge in [-0.3, -0.25) is 4.79 Å². The first-order valence-electron chi connectivity index (χ1n) is 8.19. The molecule has 0 radical (unpaired) electrons. The van der Waals surface area contributed by atoms with Crippen LogP contribution in [0.2, 0.25) is 5.02 Å². The third kappa shape index (κ3) is 4.37. The lowest BCUT2D eigenvalue weighted by atomic mass is 10.1. The molecule has 0 saturated heterocycles. The number of benzene rings is 2. The third-order valence-corrected chi connectivity index (χ3v) is 3.97. The number of fused-ring (bicyclic) bond motifs is 1. The molecule has 25 heavy (non-hydrogen) atoms.